The Balaban J connectivity index is 1.74. The van der Waals surface area contributed by atoms with Gasteiger partial charge in [0, 0.05) is 54.6 Å². The van der Waals surface area contributed by atoms with Crippen molar-refractivity contribution in [2.24, 2.45) is 0 Å². The van der Waals surface area contributed by atoms with Gasteiger partial charge in [0.15, 0.2) is 5.82 Å². The number of aromatic nitrogens is 3. The van der Waals surface area contributed by atoms with Crippen LogP contribution < -0.4 is 10.2 Å². The lowest BCUT2D eigenvalue weighted by molar-refractivity contribution is -0.120. The van der Waals surface area contributed by atoms with Gasteiger partial charge in [-0.05, 0) is 24.3 Å². The van der Waals surface area contributed by atoms with E-state index >= 15 is 0 Å². The van der Waals surface area contributed by atoms with E-state index in [0.717, 1.165) is 16.8 Å². The number of aliphatic hydroxyl groups excluding tert-OH is 1. The number of aliphatic hydroxyl groups is 1. The van der Waals surface area contributed by atoms with E-state index in [0.29, 0.717) is 29.8 Å². The van der Waals surface area contributed by atoms with Crippen molar-refractivity contribution in [3.05, 3.63) is 59.9 Å². The average Bonchev–Trinajstić information content (AvgIpc) is 3.08. The molecule has 1 aromatic carbocycles. The minimum atomic E-state index is -0.672. The number of carbonyl (C=O) groups excluding carboxylic acids is 1. The van der Waals surface area contributed by atoms with E-state index in [4.69, 9.17) is 21.6 Å². The van der Waals surface area contributed by atoms with Crippen LogP contribution in [0, 0.1) is 0 Å². The molecule has 0 saturated carbocycles. The van der Waals surface area contributed by atoms with E-state index in [1.807, 2.05) is 47.4 Å². The maximum Gasteiger partial charge on any atom is 0.217 e. The maximum absolute atomic E-state index is 11.4. The zero-order valence-electron chi connectivity index (χ0n) is 15.8. The molecule has 7 nitrogen and oxygen atoms in total. The largest absolute Gasteiger partial charge is 0.389 e. The molecule has 2 N–H and O–H groups in total. The number of halogens is 1. The predicted molar refractivity (Wildman–Crippen MR) is 112 cm³/mol. The quantitative estimate of drug-likeness (QED) is 0.688. The zero-order chi connectivity index (χ0) is 20.4. The number of nitrogens with zero attached hydrogens (tertiary/aromatic N) is 4. The van der Waals surface area contributed by atoms with Gasteiger partial charge < -0.3 is 15.3 Å². The molecule has 148 valence electrons. The Morgan fingerprint density at radius 2 is 1.97 bits per heavy atom. The molecule has 8 heteroatoms. The molecule has 0 aliphatic carbocycles. The topological polar surface area (TPSA) is 91.2 Å². The lowest BCUT2D eigenvalue weighted by Crippen LogP contribution is -2.41. The SMILES string of the molecule is CC(=O)N[C@H]1CN(c2cc(-c3ccc(Cl)cc3)nc(-c3cccnc3)n2)C[C@@H]1O. The fourth-order valence-corrected chi connectivity index (χ4v) is 3.49. The summed E-state index contributed by atoms with van der Waals surface area (Å²) in [6.07, 6.45) is 2.74. The molecule has 1 amide bonds. The summed E-state index contributed by atoms with van der Waals surface area (Å²) in [4.78, 5) is 26.9. The summed E-state index contributed by atoms with van der Waals surface area (Å²) in [5.41, 5.74) is 2.44. The van der Waals surface area contributed by atoms with Crippen molar-refractivity contribution in [3.63, 3.8) is 0 Å². The molecule has 0 radical (unpaired) electrons. The van der Waals surface area contributed by atoms with E-state index in [-0.39, 0.29) is 11.9 Å². The molecule has 29 heavy (non-hydrogen) atoms. The van der Waals surface area contributed by atoms with Gasteiger partial charge in [0.1, 0.15) is 5.82 Å². The van der Waals surface area contributed by atoms with Crippen LogP contribution in [0.4, 0.5) is 5.82 Å². The highest BCUT2D eigenvalue weighted by Crippen LogP contribution is 2.28. The van der Waals surface area contributed by atoms with Gasteiger partial charge in [-0.25, -0.2) is 9.97 Å². The second-order valence-corrected chi connectivity index (χ2v) is 7.40. The van der Waals surface area contributed by atoms with Gasteiger partial charge in [-0.1, -0.05) is 23.7 Å². The molecule has 1 aliphatic rings. The summed E-state index contributed by atoms with van der Waals surface area (Å²) in [7, 11) is 0. The van der Waals surface area contributed by atoms with Gasteiger partial charge in [-0.15, -0.1) is 0 Å². The second kappa shape index (κ2) is 8.14. The highest BCUT2D eigenvalue weighted by molar-refractivity contribution is 6.30. The fraction of sp³-hybridized carbons (Fsp3) is 0.238. The summed E-state index contributed by atoms with van der Waals surface area (Å²) >= 11 is 6.02. The van der Waals surface area contributed by atoms with Gasteiger partial charge in [-0.3, -0.25) is 9.78 Å². The van der Waals surface area contributed by atoms with Gasteiger partial charge in [0.2, 0.25) is 5.91 Å². The molecule has 3 heterocycles. The molecule has 0 bridgehead atoms. The lowest BCUT2D eigenvalue weighted by Gasteiger charge is -2.19. The fourth-order valence-electron chi connectivity index (χ4n) is 3.37. The Labute approximate surface area is 173 Å². The van der Waals surface area contributed by atoms with E-state index < -0.39 is 6.10 Å². The average molecular weight is 410 g/mol. The van der Waals surface area contributed by atoms with Crippen LogP contribution in [-0.2, 0) is 4.79 Å². The van der Waals surface area contributed by atoms with Crippen LogP contribution in [0.5, 0.6) is 0 Å². The van der Waals surface area contributed by atoms with Crippen molar-refractivity contribution in [2.75, 3.05) is 18.0 Å². The van der Waals surface area contributed by atoms with Crippen LogP contribution >= 0.6 is 11.6 Å². The standard InChI is InChI=1S/C21H20ClN5O2/c1-13(28)24-18-11-27(12-19(18)29)20-9-17(14-4-6-16(22)7-5-14)25-21(26-20)15-3-2-8-23-10-15/h2-10,18-19,29H,11-12H2,1H3,(H,24,28)/t18-,19-/m0/s1. The first-order chi connectivity index (χ1) is 14.0. The monoisotopic (exact) mass is 409 g/mol. The number of hydrogen-bond acceptors (Lipinski definition) is 6. The molecule has 1 saturated heterocycles. The number of amides is 1. The van der Waals surface area contributed by atoms with Crippen LogP contribution in [0.25, 0.3) is 22.6 Å². The van der Waals surface area contributed by atoms with Gasteiger partial charge in [0.25, 0.3) is 0 Å². The van der Waals surface area contributed by atoms with E-state index in [9.17, 15) is 9.90 Å². The van der Waals surface area contributed by atoms with Crippen LogP contribution in [0.15, 0.2) is 54.9 Å². The normalized spacial score (nSPS) is 18.7. The summed E-state index contributed by atoms with van der Waals surface area (Å²) in [6.45, 7) is 2.28. The number of β-amino-alcohol motifs (C(OH)–C–C–N with tert-alkyl or cyclic N) is 1. The number of nitrogens with one attached hydrogen (secondary N) is 1. The third-order valence-electron chi connectivity index (χ3n) is 4.77. The van der Waals surface area contributed by atoms with Gasteiger partial charge in [-0.2, -0.15) is 0 Å². The molecular weight excluding hydrogens is 390 g/mol. The van der Waals surface area contributed by atoms with Crippen molar-refractivity contribution >= 4 is 23.3 Å². The van der Waals surface area contributed by atoms with E-state index in [1.165, 1.54) is 6.92 Å². The Kier molecular flexibility index (Phi) is 5.42. The Morgan fingerprint density at radius 1 is 1.17 bits per heavy atom. The third kappa shape index (κ3) is 4.36. The van der Waals surface area contributed by atoms with Crippen molar-refractivity contribution in [1.82, 2.24) is 20.3 Å². The minimum absolute atomic E-state index is 0.170. The summed E-state index contributed by atoms with van der Waals surface area (Å²) in [6, 6.07) is 12.7. The van der Waals surface area contributed by atoms with E-state index in [1.54, 1.807) is 12.4 Å². The van der Waals surface area contributed by atoms with Crippen LogP contribution in [-0.4, -0.2) is 51.2 Å². The maximum atomic E-state index is 11.4. The first-order valence-corrected chi connectivity index (χ1v) is 9.63. The van der Waals surface area contributed by atoms with Crippen molar-refractivity contribution in [2.45, 2.75) is 19.1 Å². The van der Waals surface area contributed by atoms with Crippen LogP contribution in [0.2, 0.25) is 5.02 Å². The number of pyridine rings is 1. The number of carbonyl (C=O) groups is 1. The highest BCUT2D eigenvalue weighted by atomic mass is 35.5. The molecule has 0 unspecified atom stereocenters. The van der Waals surface area contributed by atoms with E-state index in [2.05, 4.69) is 10.3 Å². The lowest BCUT2D eigenvalue weighted by atomic mass is 10.1. The summed E-state index contributed by atoms with van der Waals surface area (Å²) < 4.78 is 0. The second-order valence-electron chi connectivity index (χ2n) is 6.96. The molecule has 1 fully saturated rings. The number of rotatable bonds is 4. The molecule has 3 aromatic rings. The predicted octanol–water partition coefficient (Wildman–Crippen LogP) is 2.54. The third-order valence-corrected chi connectivity index (χ3v) is 5.03. The molecule has 2 aromatic heterocycles. The zero-order valence-corrected chi connectivity index (χ0v) is 16.5. The van der Waals surface area contributed by atoms with Crippen LogP contribution in [0.3, 0.4) is 0 Å². The number of hydrogen-bond donors (Lipinski definition) is 2. The molecule has 0 spiro atoms. The molecule has 4 rings (SSSR count). The molecule has 2 atom stereocenters. The summed E-state index contributed by atoms with van der Waals surface area (Å²) in [5.74, 6) is 1.05. The molecule has 1 aliphatic heterocycles. The van der Waals surface area contributed by atoms with Gasteiger partial charge >= 0.3 is 0 Å². The Morgan fingerprint density at radius 3 is 2.66 bits per heavy atom. The van der Waals surface area contributed by atoms with Crippen molar-refractivity contribution < 1.29 is 9.90 Å². The van der Waals surface area contributed by atoms with Crippen molar-refractivity contribution in [3.8, 4) is 22.6 Å². The first-order valence-electron chi connectivity index (χ1n) is 9.25. The smallest absolute Gasteiger partial charge is 0.217 e. The number of benzene rings is 1. The number of anilines is 1. The minimum Gasteiger partial charge on any atom is -0.389 e. The van der Waals surface area contributed by atoms with Gasteiger partial charge in [0.05, 0.1) is 17.8 Å². The van der Waals surface area contributed by atoms with Crippen molar-refractivity contribution in [1.29, 1.82) is 0 Å². The molecular formula is C21H20ClN5O2. The Hall–Kier alpha value is -3.03. The highest BCUT2D eigenvalue weighted by Gasteiger charge is 2.33. The first kappa shape index (κ1) is 19.3. The van der Waals surface area contributed by atoms with Crippen LogP contribution in [0.1, 0.15) is 6.92 Å². The Bertz CT molecular complexity index is 1010. The summed E-state index contributed by atoms with van der Waals surface area (Å²) in [5, 5.41) is 13.8.